The number of benzene rings is 8. The van der Waals surface area contributed by atoms with Crippen LogP contribution in [0, 0.1) is 27.7 Å². The molecule has 59 heavy (non-hydrogen) atoms. The van der Waals surface area contributed by atoms with Crippen LogP contribution in [-0.4, -0.2) is 4.57 Å². The summed E-state index contributed by atoms with van der Waals surface area (Å²) in [6.45, 7) is 8.56. The van der Waals surface area contributed by atoms with Crippen molar-refractivity contribution in [1.29, 1.82) is 0 Å². The van der Waals surface area contributed by atoms with Gasteiger partial charge in [-0.15, -0.1) is 0 Å². The Labute approximate surface area is 349 Å². The van der Waals surface area contributed by atoms with Gasteiger partial charge in [0.1, 0.15) is 0 Å². The van der Waals surface area contributed by atoms with E-state index in [0.717, 1.165) is 34.1 Å². The van der Waals surface area contributed by atoms with Gasteiger partial charge in [-0.2, -0.15) is 0 Å². The van der Waals surface area contributed by atoms with Crippen molar-refractivity contribution in [2.24, 2.45) is 7.05 Å². The van der Waals surface area contributed by atoms with Crippen LogP contribution in [0.3, 0.4) is 0 Å². The van der Waals surface area contributed by atoms with E-state index in [0.29, 0.717) is 0 Å². The summed E-state index contributed by atoms with van der Waals surface area (Å²) in [6, 6.07) is 73.5. The van der Waals surface area contributed by atoms with Gasteiger partial charge in [-0.1, -0.05) is 144 Å². The van der Waals surface area contributed by atoms with Crippen LogP contribution in [0.4, 0.5) is 34.1 Å². The molecule has 1 heterocycles. The zero-order valence-corrected chi connectivity index (χ0v) is 34.5. The molecule has 1 aromatic heterocycles. The molecule has 8 aromatic carbocycles. The number of aromatic nitrogens is 1. The summed E-state index contributed by atoms with van der Waals surface area (Å²) in [7, 11) is 2.21. The minimum atomic E-state index is -0.0567. The molecule has 0 fully saturated rings. The van der Waals surface area contributed by atoms with Gasteiger partial charge >= 0.3 is 0 Å². The number of aryl methyl sites for hydroxylation is 5. The van der Waals surface area contributed by atoms with Crippen LogP contribution < -0.4 is 9.80 Å². The van der Waals surface area contributed by atoms with Crippen molar-refractivity contribution in [1.82, 2.24) is 4.57 Å². The number of anilines is 6. The van der Waals surface area contributed by atoms with Crippen LogP contribution in [0.5, 0.6) is 0 Å². The summed E-state index contributed by atoms with van der Waals surface area (Å²) in [5.74, 6) is -0.0567. The molecule has 0 aliphatic heterocycles. The minimum absolute atomic E-state index is 0.0567. The molecule has 0 amide bonds. The molecular weight excluding hydrogens is 715 g/mol. The molecule has 0 unspecified atom stereocenters. The SMILES string of the molecule is Cc1ccc(N(c2ccc(C)cc2)c2ccc(C(c3ccc(N(c4ccc(C)cc4)c4ccc(C)cc4)cc3)c3c(-c4ccccc4)n(C)c4ccccc34)cc2)cc1. The predicted octanol–water partition coefficient (Wildman–Crippen LogP) is 15.2. The van der Waals surface area contributed by atoms with Crippen LogP contribution in [0.2, 0.25) is 0 Å². The number of rotatable bonds is 10. The Morgan fingerprint density at radius 1 is 0.356 bits per heavy atom. The highest BCUT2D eigenvalue weighted by atomic mass is 15.1. The summed E-state index contributed by atoms with van der Waals surface area (Å²) in [6.07, 6.45) is 0. The van der Waals surface area contributed by atoms with E-state index in [1.807, 2.05) is 0 Å². The largest absolute Gasteiger partial charge is 0.343 e. The van der Waals surface area contributed by atoms with E-state index in [2.05, 4.69) is 249 Å². The van der Waals surface area contributed by atoms with Crippen LogP contribution in [0.1, 0.15) is 44.9 Å². The molecule has 3 nitrogen and oxygen atoms in total. The van der Waals surface area contributed by atoms with Crippen LogP contribution in [-0.2, 0) is 7.05 Å². The van der Waals surface area contributed by atoms with E-state index < -0.39 is 0 Å². The average Bonchev–Trinajstić information content (AvgIpc) is 3.56. The zero-order valence-electron chi connectivity index (χ0n) is 34.5. The quantitative estimate of drug-likeness (QED) is 0.137. The molecule has 9 aromatic rings. The Hall–Kier alpha value is -7.10. The maximum atomic E-state index is 2.38. The normalized spacial score (nSPS) is 11.3. The highest BCUT2D eigenvalue weighted by Gasteiger charge is 2.28. The second-order valence-electron chi connectivity index (χ2n) is 15.8. The monoisotopic (exact) mass is 763 g/mol. The number of hydrogen-bond donors (Lipinski definition) is 0. The molecule has 0 radical (unpaired) electrons. The van der Waals surface area contributed by atoms with Crippen molar-refractivity contribution in [3.05, 3.63) is 239 Å². The van der Waals surface area contributed by atoms with Crippen molar-refractivity contribution in [2.75, 3.05) is 9.80 Å². The lowest BCUT2D eigenvalue weighted by molar-refractivity contribution is 0.937. The lowest BCUT2D eigenvalue weighted by Crippen LogP contribution is -2.12. The molecule has 0 atom stereocenters. The smallest absolute Gasteiger partial charge is 0.0530 e. The topological polar surface area (TPSA) is 11.4 Å². The molecule has 0 saturated carbocycles. The molecule has 0 aliphatic carbocycles. The van der Waals surface area contributed by atoms with Gasteiger partial charge in [-0.25, -0.2) is 0 Å². The Morgan fingerprint density at radius 2 is 0.678 bits per heavy atom. The van der Waals surface area contributed by atoms with E-state index in [9.17, 15) is 0 Å². The Bertz CT molecular complexity index is 2590. The third-order valence-corrected chi connectivity index (χ3v) is 11.6. The zero-order chi connectivity index (χ0) is 40.5. The Kier molecular flexibility index (Phi) is 10.2. The molecule has 0 N–H and O–H groups in total. The number of fused-ring (bicyclic) bond motifs is 1. The first-order valence-corrected chi connectivity index (χ1v) is 20.5. The molecule has 3 heteroatoms. The molecule has 9 rings (SSSR count). The maximum absolute atomic E-state index is 2.38. The van der Waals surface area contributed by atoms with Crippen molar-refractivity contribution in [3.63, 3.8) is 0 Å². The molecule has 288 valence electrons. The van der Waals surface area contributed by atoms with Crippen LogP contribution >= 0.6 is 0 Å². The first kappa shape index (κ1) is 37.5. The molecule has 0 spiro atoms. The van der Waals surface area contributed by atoms with Crippen molar-refractivity contribution >= 4 is 45.0 Å². The lowest BCUT2D eigenvalue weighted by Gasteiger charge is -2.28. The number of hydrogen-bond acceptors (Lipinski definition) is 2. The van der Waals surface area contributed by atoms with Gasteiger partial charge in [0.25, 0.3) is 0 Å². The van der Waals surface area contributed by atoms with Crippen LogP contribution in [0.25, 0.3) is 22.2 Å². The fourth-order valence-corrected chi connectivity index (χ4v) is 8.49. The molecule has 0 bridgehead atoms. The average molecular weight is 764 g/mol. The summed E-state index contributed by atoms with van der Waals surface area (Å²) in [5, 5.41) is 1.26. The van der Waals surface area contributed by atoms with Gasteiger partial charge in [-0.05, 0) is 129 Å². The van der Waals surface area contributed by atoms with E-state index in [1.165, 1.54) is 61.1 Å². The second kappa shape index (κ2) is 16.0. The molecule has 0 saturated heterocycles. The molecular formula is C56H49N3. The maximum Gasteiger partial charge on any atom is 0.0530 e. The summed E-state index contributed by atoms with van der Waals surface area (Å²) >= 11 is 0. The predicted molar refractivity (Wildman–Crippen MR) is 250 cm³/mol. The van der Waals surface area contributed by atoms with Crippen LogP contribution in [0.15, 0.2) is 200 Å². The highest BCUT2D eigenvalue weighted by molar-refractivity contribution is 5.94. The van der Waals surface area contributed by atoms with Gasteiger partial charge in [0.2, 0.25) is 0 Å². The fraction of sp³-hybridized carbons (Fsp3) is 0.107. The number of nitrogens with zero attached hydrogens (tertiary/aromatic N) is 3. The molecule has 0 aliphatic rings. The standard InChI is InChI=1S/C56H49N3/c1-39-15-27-46(28-16-39)58(47-29-17-40(2)18-30-47)50-35-23-43(24-36-50)54(55-52-13-9-10-14-53(52)57(5)56(55)45-11-7-6-8-12-45)44-25-37-51(38-26-44)59(48-31-19-41(3)20-32-48)49-33-21-42(4)22-34-49/h6-38,54H,1-5H3. The highest BCUT2D eigenvalue weighted by Crippen LogP contribution is 2.46. The van der Waals surface area contributed by atoms with Crippen molar-refractivity contribution < 1.29 is 0 Å². The van der Waals surface area contributed by atoms with Crippen molar-refractivity contribution in [2.45, 2.75) is 33.6 Å². The first-order chi connectivity index (χ1) is 28.8. The van der Waals surface area contributed by atoms with E-state index in [1.54, 1.807) is 0 Å². The van der Waals surface area contributed by atoms with Gasteiger partial charge < -0.3 is 14.4 Å². The second-order valence-corrected chi connectivity index (χ2v) is 15.8. The lowest BCUT2D eigenvalue weighted by atomic mass is 9.82. The van der Waals surface area contributed by atoms with Crippen molar-refractivity contribution in [3.8, 4) is 11.3 Å². The third kappa shape index (κ3) is 7.44. The van der Waals surface area contributed by atoms with E-state index in [4.69, 9.17) is 0 Å². The first-order valence-electron chi connectivity index (χ1n) is 20.5. The van der Waals surface area contributed by atoms with Gasteiger partial charge in [0, 0.05) is 58.0 Å². The Balaban J connectivity index is 1.22. The third-order valence-electron chi connectivity index (χ3n) is 11.6. The van der Waals surface area contributed by atoms with Gasteiger partial charge in [0.05, 0.1) is 5.69 Å². The summed E-state index contributed by atoms with van der Waals surface area (Å²) in [5.41, 5.74) is 19.1. The summed E-state index contributed by atoms with van der Waals surface area (Å²) in [4.78, 5) is 4.70. The Morgan fingerprint density at radius 3 is 1.05 bits per heavy atom. The number of para-hydroxylation sites is 1. The fourth-order valence-electron chi connectivity index (χ4n) is 8.49. The van der Waals surface area contributed by atoms with E-state index in [-0.39, 0.29) is 5.92 Å². The van der Waals surface area contributed by atoms with Gasteiger partial charge in [-0.3, -0.25) is 0 Å². The summed E-state index contributed by atoms with van der Waals surface area (Å²) < 4.78 is 2.38. The van der Waals surface area contributed by atoms with E-state index >= 15 is 0 Å². The minimum Gasteiger partial charge on any atom is -0.343 e. The van der Waals surface area contributed by atoms with Gasteiger partial charge in [0.15, 0.2) is 0 Å².